The summed E-state index contributed by atoms with van der Waals surface area (Å²) in [5.41, 5.74) is 6.71. The Morgan fingerprint density at radius 1 is 1.42 bits per heavy atom. The van der Waals surface area contributed by atoms with Crippen LogP contribution in [0.25, 0.3) is 0 Å². The second-order valence-electron chi connectivity index (χ2n) is 5.13. The van der Waals surface area contributed by atoms with Gasteiger partial charge >= 0.3 is 0 Å². The van der Waals surface area contributed by atoms with Crippen LogP contribution in [-0.4, -0.2) is 19.6 Å². The first kappa shape index (κ1) is 14.1. The summed E-state index contributed by atoms with van der Waals surface area (Å²) in [7, 11) is 1.57. The lowest BCUT2D eigenvalue weighted by atomic mass is 9.82. The van der Waals surface area contributed by atoms with Gasteiger partial charge in [-0.1, -0.05) is 6.07 Å². The van der Waals surface area contributed by atoms with Gasteiger partial charge in [0.2, 0.25) is 5.92 Å². The largest absolute Gasteiger partial charge is 0.497 e. The molecule has 1 unspecified atom stereocenters. The maximum Gasteiger partial charge on any atom is 0.248 e. The van der Waals surface area contributed by atoms with Gasteiger partial charge in [0.25, 0.3) is 0 Å². The van der Waals surface area contributed by atoms with Gasteiger partial charge in [0, 0.05) is 36.4 Å². The van der Waals surface area contributed by atoms with Crippen LogP contribution in [0.5, 0.6) is 11.5 Å². The van der Waals surface area contributed by atoms with Crippen LogP contribution in [0.15, 0.2) is 18.2 Å². The topological polar surface area (TPSA) is 44.5 Å². The molecular weight excluding hydrogens is 252 g/mol. The summed E-state index contributed by atoms with van der Waals surface area (Å²) < 4.78 is 36.3. The van der Waals surface area contributed by atoms with E-state index in [0.29, 0.717) is 18.1 Å². The standard InChI is InChI=1S/C14H19F2NO2/c1-9(17)12-4-3-11(18-2)5-13(12)19-8-10-6-14(15,16)7-10/h3-5,9-10H,6-8,17H2,1-2H3. The van der Waals surface area contributed by atoms with Crippen LogP contribution in [0.1, 0.15) is 31.4 Å². The summed E-state index contributed by atoms with van der Waals surface area (Å²) in [6.45, 7) is 2.15. The fraction of sp³-hybridized carbons (Fsp3) is 0.571. The van der Waals surface area contributed by atoms with E-state index in [1.54, 1.807) is 13.2 Å². The predicted octanol–water partition coefficient (Wildman–Crippen LogP) is 3.14. The number of halogens is 2. The molecule has 3 nitrogen and oxygen atoms in total. The zero-order valence-electron chi connectivity index (χ0n) is 11.2. The van der Waals surface area contributed by atoms with Crippen molar-refractivity contribution in [1.82, 2.24) is 0 Å². The molecule has 0 aromatic heterocycles. The molecule has 0 bridgehead atoms. The third kappa shape index (κ3) is 3.35. The molecule has 0 saturated heterocycles. The molecule has 1 aliphatic rings. The van der Waals surface area contributed by atoms with Gasteiger partial charge < -0.3 is 15.2 Å². The zero-order valence-corrected chi connectivity index (χ0v) is 11.2. The molecule has 0 heterocycles. The van der Waals surface area contributed by atoms with E-state index in [2.05, 4.69) is 0 Å². The molecule has 2 rings (SSSR count). The average molecular weight is 271 g/mol. The fourth-order valence-corrected chi connectivity index (χ4v) is 2.25. The van der Waals surface area contributed by atoms with E-state index in [-0.39, 0.29) is 24.8 Å². The number of nitrogens with two attached hydrogens (primary N) is 1. The van der Waals surface area contributed by atoms with E-state index < -0.39 is 5.92 Å². The van der Waals surface area contributed by atoms with Gasteiger partial charge in [-0.05, 0) is 13.0 Å². The summed E-state index contributed by atoms with van der Waals surface area (Å²) in [5, 5.41) is 0. The zero-order chi connectivity index (χ0) is 14.0. The lowest BCUT2D eigenvalue weighted by Crippen LogP contribution is -2.38. The van der Waals surface area contributed by atoms with E-state index in [4.69, 9.17) is 15.2 Å². The van der Waals surface area contributed by atoms with Crippen LogP contribution in [-0.2, 0) is 0 Å². The molecule has 5 heteroatoms. The van der Waals surface area contributed by atoms with Crippen LogP contribution in [0.4, 0.5) is 8.78 Å². The molecule has 1 atom stereocenters. The van der Waals surface area contributed by atoms with Gasteiger partial charge in [0.1, 0.15) is 11.5 Å². The van der Waals surface area contributed by atoms with Gasteiger partial charge in [-0.25, -0.2) is 8.78 Å². The van der Waals surface area contributed by atoms with Crippen molar-refractivity contribution in [2.45, 2.75) is 31.7 Å². The van der Waals surface area contributed by atoms with Crippen molar-refractivity contribution >= 4 is 0 Å². The lowest BCUT2D eigenvalue weighted by molar-refractivity contribution is -0.119. The Hall–Kier alpha value is -1.36. The van der Waals surface area contributed by atoms with Crippen molar-refractivity contribution in [3.8, 4) is 11.5 Å². The van der Waals surface area contributed by atoms with Crippen LogP contribution in [0, 0.1) is 5.92 Å². The van der Waals surface area contributed by atoms with Gasteiger partial charge in [-0.2, -0.15) is 0 Å². The van der Waals surface area contributed by atoms with Gasteiger partial charge in [0.05, 0.1) is 13.7 Å². The molecule has 0 amide bonds. The Morgan fingerprint density at radius 2 is 2.11 bits per heavy atom. The van der Waals surface area contributed by atoms with Crippen LogP contribution in [0.3, 0.4) is 0 Å². The highest BCUT2D eigenvalue weighted by Crippen LogP contribution is 2.42. The van der Waals surface area contributed by atoms with Crippen molar-refractivity contribution in [1.29, 1.82) is 0 Å². The highest BCUT2D eigenvalue weighted by molar-refractivity contribution is 5.42. The highest BCUT2D eigenvalue weighted by atomic mass is 19.3. The maximum atomic E-state index is 12.7. The summed E-state index contributed by atoms with van der Waals surface area (Å²) >= 11 is 0. The van der Waals surface area contributed by atoms with Gasteiger partial charge in [-0.15, -0.1) is 0 Å². The second-order valence-corrected chi connectivity index (χ2v) is 5.13. The Labute approximate surface area is 111 Å². The predicted molar refractivity (Wildman–Crippen MR) is 68.8 cm³/mol. The van der Waals surface area contributed by atoms with Crippen molar-refractivity contribution < 1.29 is 18.3 Å². The molecule has 1 fully saturated rings. The quantitative estimate of drug-likeness (QED) is 0.894. The summed E-state index contributed by atoms with van der Waals surface area (Å²) in [6.07, 6.45) is -0.186. The van der Waals surface area contributed by atoms with E-state index in [0.717, 1.165) is 5.56 Å². The molecule has 106 valence electrons. The number of benzene rings is 1. The molecule has 0 aliphatic heterocycles. The second kappa shape index (κ2) is 5.33. The summed E-state index contributed by atoms with van der Waals surface area (Å²) in [4.78, 5) is 0. The number of hydrogen-bond donors (Lipinski definition) is 1. The molecule has 0 spiro atoms. The normalized spacial score (nSPS) is 19.6. The van der Waals surface area contributed by atoms with Crippen molar-refractivity contribution in [2.24, 2.45) is 11.7 Å². The van der Waals surface area contributed by atoms with E-state index >= 15 is 0 Å². The van der Waals surface area contributed by atoms with Crippen molar-refractivity contribution in [3.63, 3.8) is 0 Å². The lowest BCUT2D eigenvalue weighted by Gasteiger charge is -2.34. The molecule has 1 saturated carbocycles. The molecular formula is C14H19F2NO2. The van der Waals surface area contributed by atoms with Crippen molar-refractivity contribution in [3.05, 3.63) is 23.8 Å². The molecule has 1 aromatic rings. The maximum absolute atomic E-state index is 12.7. The van der Waals surface area contributed by atoms with E-state index in [1.165, 1.54) is 0 Å². The Morgan fingerprint density at radius 3 is 2.63 bits per heavy atom. The van der Waals surface area contributed by atoms with Crippen LogP contribution in [0.2, 0.25) is 0 Å². The van der Waals surface area contributed by atoms with Crippen LogP contribution < -0.4 is 15.2 Å². The SMILES string of the molecule is COc1ccc(C(C)N)c(OCC2CC(F)(F)C2)c1. The van der Waals surface area contributed by atoms with E-state index in [9.17, 15) is 8.78 Å². The smallest absolute Gasteiger partial charge is 0.248 e. The molecule has 19 heavy (non-hydrogen) atoms. The fourth-order valence-electron chi connectivity index (χ4n) is 2.25. The first-order valence-corrected chi connectivity index (χ1v) is 6.35. The number of alkyl halides is 2. The molecule has 1 aliphatic carbocycles. The number of methoxy groups -OCH3 is 1. The first-order valence-electron chi connectivity index (χ1n) is 6.35. The number of ether oxygens (including phenoxy) is 2. The Bertz CT molecular complexity index is 441. The Balaban J connectivity index is 2.01. The average Bonchev–Trinajstić information content (AvgIpc) is 2.33. The third-order valence-corrected chi connectivity index (χ3v) is 3.36. The van der Waals surface area contributed by atoms with Gasteiger partial charge in [-0.3, -0.25) is 0 Å². The minimum atomic E-state index is -2.51. The minimum Gasteiger partial charge on any atom is -0.497 e. The minimum absolute atomic E-state index is 0.0814. The highest BCUT2D eigenvalue weighted by Gasteiger charge is 2.45. The summed E-state index contributed by atoms with van der Waals surface area (Å²) in [6, 6.07) is 5.22. The number of rotatable bonds is 5. The van der Waals surface area contributed by atoms with Crippen LogP contribution >= 0.6 is 0 Å². The third-order valence-electron chi connectivity index (χ3n) is 3.36. The number of hydrogen-bond acceptors (Lipinski definition) is 3. The molecule has 2 N–H and O–H groups in total. The molecule has 1 aromatic carbocycles. The summed E-state index contributed by atoms with van der Waals surface area (Å²) in [5.74, 6) is -1.31. The monoisotopic (exact) mass is 271 g/mol. The Kier molecular flexibility index (Phi) is 3.94. The van der Waals surface area contributed by atoms with Gasteiger partial charge in [0.15, 0.2) is 0 Å². The van der Waals surface area contributed by atoms with Crippen molar-refractivity contribution in [2.75, 3.05) is 13.7 Å². The first-order chi connectivity index (χ1) is 8.91. The molecule has 0 radical (unpaired) electrons. The van der Waals surface area contributed by atoms with E-state index in [1.807, 2.05) is 19.1 Å².